The fourth-order valence-corrected chi connectivity index (χ4v) is 7.27. The molecule has 0 spiro atoms. The summed E-state index contributed by atoms with van der Waals surface area (Å²) in [4.78, 5) is 66.8. The van der Waals surface area contributed by atoms with Crippen LogP contribution < -0.4 is 25.4 Å². The summed E-state index contributed by atoms with van der Waals surface area (Å²) in [6, 6.07) is 5.11. The second-order valence-corrected chi connectivity index (χ2v) is 19.7. The monoisotopic (exact) mass is 824 g/mol. The molecule has 1 unspecified atom stereocenters. The van der Waals surface area contributed by atoms with Crippen LogP contribution in [0.15, 0.2) is 24.3 Å². The SMILES string of the molecule is CCOC(=O)[C@H](Cc1ccc(OC(C)(C)C)cc1)NC(=O)C1(CC(CNC(=O)[C@H](CCCCNC(=O)OC(C)(C)C)NS(C)(=O)=O)C(=O)OC(C)(C)C)CCCC1. The summed E-state index contributed by atoms with van der Waals surface area (Å²) in [7, 11) is -3.81. The number of esters is 2. The molecule has 15 nitrogen and oxygen atoms in total. The van der Waals surface area contributed by atoms with Crippen LogP contribution >= 0.6 is 0 Å². The van der Waals surface area contributed by atoms with Gasteiger partial charge in [-0.25, -0.2) is 22.7 Å². The molecule has 0 heterocycles. The molecule has 1 aromatic rings. The molecule has 0 radical (unpaired) electrons. The first-order valence-electron chi connectivity index (χ1n) is 19.9. The van der Waals surface area contributed by atoms with E-state index in [0.717, 1.165) is 11.8 Å². The highest BCUT2D eigenvalue weighted by Gasteiger charge is 2.46. The Hall–Kier alpha value is -3.92. The van der Waals surface area contributed by atoms with Gasteiger partial charge in [-0.1, -0.05) is 25.0 Å². The van der Waals surface area contributed by atoms with Crippen LogP contribution in [-0.4, -0.2) is 93.1 Å². The van der Waals surface area contributed by atoms with Gasteiger partial charge >= 0.3 is 18.0 Å². The third-order valence-electron chi connectivity index (χ3n) is 8.87. The van der Waals surface area contributed by atoms with E-state index in [1.165, 1.54) is 0 Å². The van der Waals surface area contributed by atoms with Crippen molar-refractivity contribution in [1.29, 1.82) is 0 Å². The zero-order valence-corrected chi connectivity index (χ0v) is 36.7. The zero-order chi connectivity index (χ0) is 43.2. The lowest BCUT2D eigenvalue weighted by Crippen LogP contribution is -2.52. The van der Waals surface area contributed by atoms with Gasteiger partial charge in [0.1, 0.15) is 34.6 Å². The molecule has 324 valence electrons. The van der Waals surface area contributed by atoms with E-state index >= 15 is 0 Å². The molecule has 1 aliphatic rings. The maximum atomic E-state index is 14.3. The van der Waals surface area contributed by atoms with Crippen LogP contribution in [0.5, 0.6) is 5.75 Å². The highest BCUT2D eigenvalue weighted by Crippen LogP contribution is 2.44. The number of benzene rings is 1. The van der Waals surface area contributed by atoms with Crippen molar-refractivity contribution in [3.8, 4) is 5.75 Å². The smallest absolute Gasteiger partial charge is 0.407 e. The topological polar surface area (TPSA) is 205 Å². The van der Waals surface area contributed by atoms with Crippen molar-refractivity contribution in [2.45, 2.75) is 156 Å². The highest BCUT2D eigenvalue weighted by atomic mass is 32.2. The van der Waals surface area contributed by atoms with Crippen LogP contribution in [0.1, 0.15) is 126 Å². The Morgan fingerprint density at radius 2 is 1.39 bits per heavy atom. The van der Waals surface area contributed by atoms with Crippen molar-refractivity contribution < 1.29 is 51.3 Å². The van der Waals surface area contributed by atoms with Gasteiger partial charge in [0.2, 0.25) is 21.8 Å². The molecular weight excluding hydrogens is 757 g/mol. The van der Waals surface area contributed by atoms with E-state index < -0.39 is 80.1 Å². The summed E-state index contributed by atoms with van der Waals surface area (Å²) in [6.45, 7) is 18.1. The lowest BCUT2D eigenvalue weighted by Gasteiger charge is -2.34. The molecule has 1 fully saturated rings. The van der Waals surface area contributed by atoms with Gasteiger partial charge in [0.25, 0.3) is 0 Å². The number of carbonyl (C=O) groups excluding carboxylic acids is 5. The number of nitrogens with one attached hydrogen (secondary N) is 4. The molecule has 0 bridgehead atoms. The van der Waals surface area contributed by atoms with Gasteiger partial charge in [0.05, 0.1) is 24.2 Å². The standard InChI is InChI=1S/C41H68N4O11S/c1-12-53-35(48)32(25-28-18-20-30(21-19-28)54-38(2,3)4)44-36(49)41(22-14-15-23-41)26-29(34(47)55-39(5,6)7)27-43-33(46)31(45-57(11,51)52)17-13-16-24-42-37(50)56-40(8,9)10/h18-21,29,31-32,45H,12-17,22-27H2,1-11H3,(H,42,50)(H,43,46)(H,44,49)/t29?,31-,32-/m0/s1. The minimum absolute atomic E-state index is 0.0168. The van der Waals surface area contributed by atoms with Gasteiger partial charge < -0.3 is 34.9 Å². The molecule has 16 heteroatoms. The van der Waals surface area contributed by atoms with Crippen LogP contribution in [-0.2, 0) is 49.8 Å². The van der Waals surface area contributed by atoms with E-state index in [1.54, 1.807) is 48.5 Å². The van der Waals surface area contributed by atoms with Gasteiger partial charge in [-0.15, -0.1) is 0 Å². The fourth-order valence-electron chi connectivity index (χ4n) is 6.53. The number of amides is 3. The molecule has 1 saturated carbocycles. The molecule has 0 aliphatic heterocycles. The predicted molar refractivity (Wildman–Crippen MR) is 217 cm³/mol. The second kappa shape index (κ2) is 21.2. The number of carbonyl (C=O) groups is 5. The van der Waals surface area contributed by atoms with Gasteiger partial charge in [0.15, 0.2) is 0 Å². The van der Waals surface area contributed by atoms with Crippen LogP contribution in [0.25, 0.3) is 0 Å². The first-order valence-corrected chi connectivity index (χ1v) is 21.8. The summed E-state index contributed by atoms with van der Waals surface area (Å²) >= 11 is 0. The zero-order valence-electron chi connectivity index (χ0n) is 35.9. The van der Waals surface area contributed by atoms with Crippen molar-refractivity contribution in [2.24, 2.45) is 11.3 Å². The molecule has 2 rings (SSSR count). The summed E-state index contributed by atoms with van der Waals surface area (Å²) < 4.78 is 49.1. The van der Waals surface area contributed by atoms with Crippen LogP contribution in [0.2, 0.25) is 0 Å². The Balaban J connectivity index is 2.27. The van der Waals surface area contributed by atoms with E-state index in [4.69, 9.17) is 18.9 Å². The molecule has 3 atom stereocenters. The molecule has 4 N–H and O–H groups in total. The number of sulfonamides is 1. The predicted octanol–water partition coefficient (Wildman–Crippen LogP) is 5.09. The third-order valence-corrected chi connectivity index (χ3v) is 9.58. The fraction of sp³-hybridized carbons (Fsp3) is 0.732. The number of hydrogen-bond donors (Lipinski definition) is 4. The minimum atomic E-state index is -3.81. The Morgan fingerprint density at radius 3 is 1.91 bits per heavy atom. The molecule has 0 saturated heterocycles. The van der Waals surface area contributed by atoms with Gasteiger partial charge in [-0.2, -0.15) is 0 Å². The average Bonchev–Trinajstić information content (AvgIpc) is 3.53. The van der Waals surface area contributed by atoms with E-state index in [-0.39, 0.29) is 39.0 Å². The number of hydrogen-bond acceptors (Lipinski definition) is 11. The minimum Gasteiger partial charge on any atom is -0.488 e. The lowest BCUT2D eigenvalue weighted by molar-refractivity contribution is -0.162. The second-order valence-electron chi connectivity index (χ2n) is 17.9. The molecule has 1 aliphatic carbocycles. The summed E-state index contributed by atoms with van der Waals surface area (Å²) in [5.41, 5.74) is -2.21. The summed E-state index contributed by atoms with van der Waals surface area (Å²) in [6.07, 6.45) is 3.78. The third kappa shape index (κ3) is 19.4. The largest absolute Gasteiger partial charge is 0.488 e. The molecule has 3 amide bonds. The van der Waals surface area contributed by atoms with Gasteiger partial charge in [-0.05, 0) is 125 Å². The van der Waals surface area contributed by atoms with Crippen LogP contribution in [0.4, 0.5) is 4.79 Å². The molecular formula is C41H68N4O11S. The van der Waals surface area contributed by atoms with Crippen molar-refractivity contribution >= 4 is 39.9 Å². The lowest BCUT2D eigenvalue weighted by atomic mass is 9.76. The number of ether oxygens (including phenoxy) is 4. The molecule has 57 heavy (non-hydrogen) atoms. The number of unbranched alkanes of at least 4 members (excludes halogenated alkanes) is 1. The van der Waals surface area contributed by atoms with E-state index in [2.05, 4.69) is 20.7 Å². The first-order chi connectivity index (χ1) is 26.2. The van der Waals surface area contributed by atoms with Crippen LogP contribution in [0.3, 0.4) is 0 Å². The molecule has 1 aromatic carbocycles. The normalized spacial score (nSPS) is 16.1. The highest BCUT2D eigenvalue weighted by molar-refractivity contribution is 7.88. The van der Waals surface area contributed by atoms with Crippen molar-refractivity contribution in [3.63, 3.8) is 0 Å². The van der Waals surface area contributed by atoms with Crippen molar-refractivity contribution in [2.75, 3.05) is 26.0 Å². The Kier molecular flexibility index (Phi) is 18.3. The Morgan fingerprint density at radius 1 is 0.789 bits per heavy atom. The quantitative estimate of drug-likeness (QED) is 0.0775. The maximum absolute atomic E-state index is 14.3. The summed E-state index contributed by atoms with van der Waals surface area (Å²) in [5.74, 6) is -2.58. The van der Waals surface area contributed by atoms with Gasteiger partial charge in [-0.3, -0.25) is 14.4 Å². The number of rotatable bonds is 20. The van der Waals surface area contributed by atoms with Crippen molar-refractivity contribution in [1.82, 2.24) is 20.7 Å². The van der Waals surface area contributed by atoms with Gasteiger partial charge in [0, 0.05) is 19.5 Å². The summed E-state index contributed by atoms with van der Waals surface area (Å²) in [5, 5.41) is 8.32. The maximum Gasteiger partial charge on any atom is 0.407 e. The molecule has 0 aromatic heterocycles. The van der Waals surface area contributed by atoms with E-state index in [1.807, 2.05) is 45.0 Å². The van der Waals surface area contributed by atoms with E-state index in [0.29, 0.717) is 44.3 Å². The van der Waals surface area contributed by atoms with Crippen molar-refractivity contribution in [3.05, 3.63) is 29.8 Å². The first kappa shape index (κ1) is 49.2. The number of alkyl carbamates (subject to hydrolysis) is 1. The van der Waals surface area contributed by atoms with Crippen LogP contribution in [0, 0.1) is 11.3 Å². The Labute approximate surface area is 339 Å². The van der Waals surface area contributed by atoms with E-state index in [9.17, 15) is 32.4 Å². The Bertz CT molecular complexity index is 1600. The average molecular weight is 825 g/mol.